The van der Waals surface area contributed by atoms with Crippen LogP contribution in [0.25, 0.3) is 0 Å². The highest BCUT2D eigenvalue weighted by molar-refractivity contribution is 5.87. The molecule has 5 heteroatoms. The molecule has 0 aromatic heterocycles. The van der Waals surface area contributed by atoms with Crippen LogP contribution in [-0.2, 0) is 4.79 Å². The van der Waals surface area contributed by atoms with Crippen molar-refractivity contribution in [2.45, 2.75) is 70.0 Å². The number of urea groups is 1. The summed E-state index contributed by atoms with van der Waals surface area (Å²) < 4.78 is 0. The Morgan fingerprint density at radius 1 is 1.17 bits per heavy atom. The third-order valence-corrected chi connectivity index (χ3v) is 4.39. The third kappa shape index (κ3) is 2.18. The zero-order chi connectivity index (χ0) is 13.3. The molecular weight excluding hydrogens is 232 g/mol. The quantitative estimate of drug-likeness (QED) is 0.791. The van der Waals surface area contributed by atoms with Crippen molar-refractivity contribution in [2.24, 2.45) is 0 Å². The summed E-state index contributed by atoms with van der Waals surface area (Å²) in [6.45, 7) is 4.06. The zero-order valence-corrected chi connectivity index (χ0v) is 11.1. The maximum absolute atomic E-state index is 12.3. The Bertz CT molecular complexity index is 342. The minimum atomic E-state index is -1.01. The van der Waals surface area contributed by atoms with Crippen LogP contribution in [0.2, 0.25) is 0 Å². The van der Waals surface area contributed by atoms with Gasteiger partial charge in [-0.05, 0) is 52.4 Å². The monoisotopic (exact) mass is 254 g/mol. The number of carbonyl (C=O) groups excluding carboxylic acids is 1. The van der Waals surface area contributed by atoms with E-state index in [0.717, 1.165) is 25.7 Å². The number of likely N-dealkylation sites (tertiary alicyclic amines) is 1. The molecular formula is C13H22N2O3. The Morgan fingerprint density at radius 3 is 2.11 bits per heavy atom. The second kappa shape index (κ2) is 4.78. The van der Waals surface area contributed by atoms with E-state index in [9.17, 15) is 14.7 Å². The van der Waals surface area contributed by atoms with Gasteiger partial charge in [0.2, 0.25) is 0 Å². The first-order valence-corrected chi connectivity index (χ1v) is 6.80. The summed E-state index contributed by atoms with van der Waals surface area (Å²) in [6, 6.07) is 0.177. The van der Waals surface area contributed by atoms with Crippen LogP contribution in [0.1, 0.15) is 52.4 Å². The smallest absolute Gasteiger partial charge is 0.329 e. The lowest BCUT2D eigenvalue weighted by Gasteiger charge is -2.44. The van der Waals surface area contributed by atoms with Crippen LogP contribution in [-0.4, -0.2) is 39.6 Å². The van der Waals surface area contributed by atoms with Crippen LogP contribution < -0.4 is 5.32 Å². The number of rotatable bonds is 2. The molecule has 0 aromatic carbocycles. The lowest BCUT2D eigenvalue weighted by Crippen LogP contribution is -2.64. The highest BCUT2D eigenvalue weighted by Crippen LogP contribution is 2.33. The van der Waals surface area contributed by atoms with Gasteiger partial charge in [-0.2, -0.15) is 0 Å². The van der Waals surface area contributed by atoms with Gasteiger partial charge in [0.1, 0.15) is 5.54 Å². The normalized spacial score (nSPS) is 30.4. The van der Waals surface area contributed by atoms with E-state index in [4.69, 9.17) is 0 Å². The Kier molecular flexibility index (Phi) is 3.50. The Labute approximate surface area is 108 Å². The maximum Gasteiger partial charge on any atom is 0.329 e. The summed E-state index contributed by atoms with van der Waals surface area (Å²) >= 11 is 0. The van der Waals surface area contributed by atoms with Gasteiger partial charge in [0, 0.05) is 12.1 Å². The SMILES string of the molecule is C[C@@H]1CCC[C@H](C)N1C(=O)NC1(C(=O)O)CCC1. The molecule has 102 valence electrons. The van der Waals surface area contributed by atoms with E-state index in [1.807, 2.05) is 18.7 Å². The summed E-state index contributed by atoms with van der Waals surface area (Å²) in [7, 11) is 0. The van der Waals surface area contributed by atoms with E-state index in [1.54, 1.807) is 0 Å². The van der Waals surface area contributed by atoms with Gasteiger partial charge >= 0.3 is 12.0 Å². The van der Waals surface area contributed by atoms with E-state index in [2.05, 4.69) is 5.32 Å². The Hall–Kier alpha value is -1.26. The molecule has 0 spiro atoms. The summed E-state index contributed by atoms with van der Waals surface area (Å²) in [4.78, 5) is 25.3. The van der Waals surface area contributed by atoms with Gasteiger partial charge in [0.05, 0.1) is 0 Å². The van der Waals surface area contributed by atoms with Gasteiger partial charge in [0.25, 0.3) is 0 Å². The topological polar surface area (TPSA) is 69.6 Å². The number of hydrogen-bond donors (Lipinski definition) is 2. The largest absolute Gasteiger partial charge is 0.480 e. The fourth-order valence-corrected chi connectivity index (χ4v) is 3.01. The zero-order valence-electron chi connectivity index (χ0n) is 11.1. The van der Waals surface area contributed by atoms with Crippen molar-refractivity contribution >= 4 is 12.0 Å². The number of carboxylic acids is 1. The second-order valence-corrected chi connectivity index (χ2v) is 5.71. The van der Waals surface area contributed by atoms with E-state index in [0.29, 0.717) is 12.8 Å². The minimum absolute atomic E-state index is 0.194. The van der Waals surface area contributed by atoms with Gasteiger partial charge < -0.3 is 15.3 Å². The molecule has 2 rings (SSSR count). The standard InChI is InChI=1S/C13H22N2O3/c1-9-5-3-6-10(2)15(9)12(18)14-13(11(16)17)7-4-8-13/h9-10H,3-8H2,1-2H3,(H,14,18)(H,16,17)/t9-,10+. The summed E-state index contributed by atoms with van der Waals surface area (Å²) in [6.07, 6.45) is 5.10. The number of amides is 2. The van der Waals surface area contributed by atoms with Gasteiger partial charge in [0.15, 0.2) is 0 Å². The summed E-state index contributed by atoms with van der Waals surface area (Å²) in [5.41, 5.74) is -1.01. The first-order valence-electron chi connectivity index (χ1n) is 6.80. The minimum Gasteiger partial charge on any atom is -0.480 e. The average Bonchev–Trinajstić information content (AvgIpc) is 2.22. The lowest BCUT2D eigenvalue weighted by atomic mass is 9.77. The molecule has 2 atom stereocenters. The Morgan fingerprint density at radius 2 is 1.72 bits per heavy atom. The number of nitrogens with zero attached hydrogens (tertiary/aromatic N) is 1. The van der Waals surface area contributed by atoms with Gasteiger partial charge in [-0.25, -0.2) is 9.59 Å². The molecule has 1 saturated heterocycles. The van der Waals surface area contributed by atoms with Crippen LogP contribution in [0.3, 0.4) is 0 Å². The van der Waals surface area contributed by atoms with E-state index in [-0.39, 0.29) is 18.1 Å². The second-order valence-electron chi connectivity index (χ2n) is 5.71. The van der Waals surface area contributed by atoms with Crippen LogP contribution in [0.4, 0.5) is 4.79 Å². The molecule has 5 nitrogen and oxygen atoms in total. The molecule has 18 heavy (non-hydrogen) atoms. The van der Waals surface area contributed by atoms with E-state index >= 15 is 0 Å². The number of carboxylic acid groups (broad SMARTS) is 1. The molecule has 0 radical (unpaired) electrons. The molecule has 2 aliphatic rings. The van der Waals surface area contributed by atoms with Gasteiger partial charge in [-0.1, -0.05) is 0 Å². The molecule has 2 fully saturated rings. The van der Waals surface area contributed by atoms with Crippen molar-refractivity contribution in [2.75, 3.05) is 0 Å². The predicted molar refractivity (Wildman–Crippen MR) is 67.4 cm³/mol. The molecule has 0 unspecified atom stereocenters. The molecule has 2 N–H and O–H groups in total. The summed E-state index contributed by atoms with van der Waals surface area (Å²) in [5, 5.41) is 12.0. The van der Waals surface area contributed by atoms with Gasteiger partial charge in [-0.3, -0.25) is 0 Å². The molecule has 1 heterocycles. The molecule has 0 bridgehead atoms. The van der Waals surface area contributed by atoms with Crippen molar-refractivity contribution in [3.05, 3.63) is 0 Å². The number of aliphatic carboxylic acids is 1. The average molecular weight is 254 g/mol. The van der Waals surface area contributed by atoms with Crippen LogP contribution in [0.5, 0.6) is 0 Å². The fourth-order valence-electron chi connectivity index (χ4n) is 3.01. The van der Waals surface area contributed by atoms with E-state index in [1.165, 1.54) is 0 Å². The van der Waals surface area contributed by atoms with Crippen molar-refractivity contribution in [1.29, 1.82) is 0 Å². The van der Waals surface area contributed by atoms with Crippen molar-refractivity contribution in [1.82, 2.24) is 10.2 Å². The van der Waals surface area contributed by atoms with Crippen LogP contribution in [0.15, 0.2) is 0 Å². The lowest BCUT2D eigenvalue weighted by molar-refractivity contribution is -0.148. The molecule has 1 aliphatic heterocycles. The van der Waals surface area contributed by atoms with E-state index < -0.39 is 11.5 Å². The highest BCUT2D eigenvalue weighted by Gasteiger charge is 2.47. The summed E-state index contributed by atoms with van der Waals surface area (Å²) in [5.74, 6) is -0.903. The number of hydrogen-bond acceptors (Lipinski definition) is 2. The third-order valence-electron chi connectivity index (χ3n) is 4.39. The van der Waals surface area contributed by atoms with Crippen LogP contribution in [0, 0.1) is 0 Å². The molecule has 1 saturated carbocycles. The first-order chi connectivity index (χ1) is 8.46. The van der Waals surface area contributed by atoms with Crippen molar-refractivity contribution < 1.29 is 14.7 Å². The van der Waals surface area contributed by atoms with Crippen LogP contribution >= 0.6 is 0 Å². The fraction of sp³-hybridized carbons (Fsp3) is 0.846. The molecule has 1 aliphatic carbocycles. The molecule has 2 amide bonds. The highest BCUT2D eigenvalue weighted by atomic mass is 16.4. The number of nitrogens with one attached hydrogen (secondary N) is 1. The number of carbonyl (C=O) groups is 2. The Balaban J connectivity index is 2.04. The molecule has 0 aromatic rings. The van der Waals surface area contributed by atoms with Gasteiger partial charge in [-0.15, -0.1) is 0 Å². The number of piperidine rings is 1. The van der Waals surface area contributed by atoms with Crippen molar-refractivity contribution in [3.63, 3.8) is 0 Å². The van der Waals surface area contributed by atoms with Crippen molar-refractivity contribution in [3.8, 4) is 0 Å². The predicted octanol–water partition coefficient (Wildman–Crippen LogP) is 1.97. The first kappa shape index (κ1) is 13.2. The maximum atomic E-state index is 12.3.